The van der Waals surface area contributed by atoms with Gasteiger partial charge in [0.15, 0.2) is 0 Å². The highest BCUT2D eigenvalue weighted by atomic mass is 32.2. The quantitative estimate of drug-likeness (QED) is 0.353. The molecule has 5 nitrogen and oxygen atoms in total. The molecule has 2 aromatic carbocycles. The summed E-state index contributed by atoms with van der Waals surface area (Å²) in [6.07, 6.45) is 0. The zero-order valence-electron chi connectivity index (χ0n) is 10.5. The summed E-state index contributed by atoms with van der Waals surface area (Å²) in [5.74, 6) is -1.82. The fraction of sp³-hybridized carbons (Fsp3) is 0.154. The van der Waals surface area contributed by atoms with Crippen LogP contribution in [0.2, 0.25) is 0 Å². The van der Waals surface area contributed by atoms with Gasteiger partial charge in [-0.15, -0.1) is 0 Å². The number of halogens is 2. The molecular weight excluding hydrogens is 306 g/mol. The molecule has 0 bridgehead atoms. The zero-order valence-corrected chi connectivity index (χ0v) is 11.3. The fourth-order valence-corrected chi connectivity index (χ4v) is 1.98. The standard InChI is InChI=1S/C13H10F2O5S/c14-13(15,21-20-19-17)12(16)18-8-10-6-3-5-9-4-1-2-7-11(9)10/h1-7,17H,8H2/p-1. The minimum atomic E-state index is -4.03. The van der Waals surface area contributed by atoms with Gasteiger partial charge in [-0.05, 0) is 16.3 Å². The third-order valence-corrected chi connectivity index (χ3v) is 3.14. The van der Waals surface area contributed by atoms with Gasteiger partial charge in [0.1, 0.15) is 18.6 Å². The molecule has 112 valence electrons. The molecule has 8 heteroatoms. The van der Waals surface area contributed by atoms with Crippen molar-refractivity contribution in [3.63, 3.8) is 0 Å². The summed E-state index contributed by atoms with van der Waals surface area (Å²) in [5, 5.41) is 9.93. The second-order valence-electron chi connectivity index (χ2n) is 3.95. The summed E-state index contributed by atoms with van der Waals surface area (Å²) >= 11 is -0.717. The molecule has 0 N–H and O–H groups in total. The van der Waals surface area contributed by atoms with Crippen molar-refractivity contribution in [2.24, 2.45) is 0 Å². The molecule has 0 aromatic heterocycles. The summed E-state index contributed by atoms with van der Waals surface area (Å²) in [5.41, 5.74) is 0.586. The summed E-state index contributed by atoms with van der Waals surface area (Å²) in [6, 6.07) is 12.5. The van der Waals surface area contributed by atoms with Crippen LogP contribution in [0.5, 0.6) is 0 Å². The van der Waals surface area contributed by atoms with Crippen molar-refractivity contribution in [2.45, 2.75) is 11.9 Å². The molecular formula is C13H9F2O5S-. The van der Waals surface area contributed by atoms with E-state index in [1.54, 1.807) is 24.3 Å². The Hall–Kier alpha value is -1.74. The van der Waals surface area contributed by atoms with Gasteiger partial charge in [-0.3, -0.25) is 5.04 Å². The highest BCUT2D eigenvalue weighted by Crippen LogP contribution is 2.31. The Morgan fingerprint density at radius 2 is 1.90 bits per heavy atom. The Morgan fingerprint density at radius 1 is 1.19 bits per heavy atom. The van der Waals surface area contributed by atoms with Crippen molar-refractivity contribution in [2.75, 3.05) is 0 Å². The number of fused-ring (bicyclic) bond motifs is 1. The number of ether oxygens (including phenoxy) is 1. The van der Waals surface area contributed by atoms with Gasteiger partial charge in [-0.25, -0.2) is 4.79 Å². The van der Waals surface area contributed by atoms with E-state index in [0.717, 1.165) is 10.8 Å². The maximum atomic E-state index is 13.2. The van der Waals surface area contributed by atoms with Crippen molar-refractivity contribution in [3.05, 3.63) is 48.0 Å². The molecule has 0 fully saturated rings. The SMILES string of the molecule is O=C(OCc1cccc2ccccc12)C(F)(F)SOO[O-]. The molecule has 0 spiro atoms. The van der Waals surface area contributed by atoms with Crippen LogP contribution in [0.25, 0.3) is 10.8 Å². The lowest BCUT2D eigenvalue weighted by molar-refractivity contribution is -0.777. The number of carbonyl (C=O) groups is 1. The van der Waals surface area contributed by atoms with Crippen LogP contribution in [0.4, 0.5) is 8.78 Å². The summed E-state index contributed by atoms with van der Waals surface area (Å²) in [6.45, 7) is -0.325. The monoisotopic (exact) mass is 315 g/mol. The van der Waals surface area contributed by atoms with Crippen molar-refractivity contribution in [1.82, 2.24) is 0 Å². The second kappa shape index (κ2) is 6.81. The molecule has 2 aromatic rings. The van der Waals surface area contributed by atoms with E-state index in [4.69, 9.17) is 0 Å². The van der Waals surface area contributed by atoms with Crippen LogP contribution in [0.3, 0.4) is 0 Å². The molecule has 0 saturated heterocycles. The number of hydrogen-bond donors (Lipinski definition) is 0. The maximum absolute atomic E-state index is 13.2. The van der Waals surface area contributed by atoms with E-state index in [2.05, 4.69) is 14.1 Å². The molecule has 0 unspecified atom stereocenters. The minimum Gasteiger partial charge on any atom is -0.691 e. The first kappa shape index (κ1) is 15.6. The van der Waals surface area contributed by atoms with Crippen molar-refractivity contribution in [3.8, 4) is 0 Å². The van der Waals surface area contributed by atoms with E-state index < -0.39 is 23.3 Å². The molecule has 21 heavy (non-hydrogen) atoms. The molecule has 2 rings (SSSR count). The predicted molar refractivity (Wildman–Crippen MR) is 68.5 cm³/mol. The third kappa shape index (κ3) is 3.88. The maximum Gasteiger partial charge on any atom is 0.415 e. The van der Waals surface area contributed by atoms with Gasteiger partial charge in [0, 0.05) is 0 Å². The average Bonchev–Trinajstić information content (AvgIpc) is 2.50. The first-order valence-corrected chi connectivity index (χ1v) is 6.45. The summed E-state index contributed by atoms with van der Waals surface area (Å²) in [4.78, 5) is 11.2. The Bertz CT molecular complexity index is 629. The molecule has 0 saturated carbocycles. The molecule has 0 amide bonds. The van der Waals surface area contributed by atoms with E-state index in [0.29, 0.717) is 5.56 Å². The van der Waals surface area contributed by atoms with Crippen LogP contribution in [0, 0.1) is 0 Å². The molecule has 0 heterocycles. The van der Waals surface area contributed by atoms with Gasteiger partial charge in [0.05, 0.1) is 0 Å². The van der Waals surface area contributed by atoms with Gasteiger partial charge in [-0.1, -0.05) is 42.5 Å². The van der Waals surface area contributed by atoms with Gasteiger partial charge in [0.25, 0.3) is 0 Å². The number of carbonyl (C=O) groups excluding carboxylic acids is 1. The van der Waals surface area contributed by atoms with Crippen LogP contribution in [-0.4, -0.2) is 11.2 Å². The summed E-state index contributed by atoms with van der Waals surface area (Å²) < 4.78 is 34.3. The average molecular weight is 315 g/mol. The largest absolute Gasteiger partial charge is 0.691 e. The molecule has 0 aliphatic carbocycles. The van der Waals surface area contributed by atoms with Crippen LogP contribution < -0.4 is 5.26 Å². The number of hydrogen-bond acceptors (Lipinski definition) is 6. The number of esters is 1. The number of rotatable bonds is 6. The van der Waals surface area contributed by atoms with Gasteiger partial charge < -0.3 is 9.99 Å². The van der Waals surface area contributed by atoms with Crippen LogP contribution >= 0.6 is 12.0 Å². The first-order valence-electron chi connectivity index (χ1n) is 5.70. The lowest BCUT2D eigenvalue weighted by atomic mass is 10.1. The third-order valence-electron chi connectivity index (χ3n) is 2.64. The predicted octanol–water partition coefficient (Wildman–Crippen LogP) is 2.35. The van der Waals surface area contributed by atoms with E-state index in [1.807, 2.05) is 18.2 Å². The Kier molecular flexibility index (Phi) is 5.07. The van der Waals surface area contributed by atoms with E-state index in [1.165, 1.54) is 0 Å². The Balaban J connectivity index is 2.06. The van der Waals surface area contributed by atoms with Gasteiger partial charge in [-0.2, -0.15) is 13.1 Å². The molecule has 0 atom stereocenters. The van der Waals surface area contributed by atoms with E-state index in [9.17, 15) is 18.8 Å². The summed E-state index contributed by atoms with van der Waals surface area (Å²) in [7, 11) is 0. The van der Waals surface area contributed by atoms with Crippen LogP contribution in [0.15, 0.2) is 42.5 Å². The second-order valence-corrected chi connectivity index (χ2v) is 4.77. The topological polar surface area (TPSA) is 67.8 Å². The first-order chi connectivity index (χ1) is 10.0. The zero-order chi connectivity index (χ0) is 15.3. The van der Waals surface area contributed by atoms with Crippen molar-refractivity contribution < 1.29 is 32.9 Å². The van der Waals surface area contributed by atoms with E-state index >= 15 is 0 Å². The molecule has 0 aliphatic heterocycles. The Morgan fingerprint density at radius 3 is 2.67 bits per heavy atom. The highest BCUT2D eigenvalue weighted by molar-refractivity contribution is 7.96. The lowest BCUT2D eigenvalue weighted by Crippen LogP contribution is -2.27. The smallest absolute Gasteiger partial charge is 0.415 e. The molecule has 0 aliphatic rings. The van der Waals surface area contributed by atoms with Crippen molar-refractivity contribution >= 4 is 28.8 Å². The van der Waals surface area contributed by atoms with Gasteiger partial charge >= 0.3 is 11.2 Å². The van der Waals surface area contributed by atoms with Crippen molar-refractivity contribution in [1.29, 1.82) is 0 Å². The van der Waals surface area contributed by atoms with E-state index in [-0.39, 0.29) is 6.61 Å². The fourth-order valence-electron chi connectivity index (χ4n) is 1.74. The highest BCUT2D eigenvalue weighted by Gasteiger charge is 2.43. The van der Waals surface area contributed by atoms with Crippen LogP contribution in [0.1, 0.15) is 5.56 Å². The molecule has 0 radical (unpaired) electrons. The number of alkyl halides is 2. The normalized spacial score (nSPS) is 11.6. The Labute approximate surface area is 122 Å². The minimum absolute atomic E-state index is 0.325. The number of benzene rings is 2. The lowest BCUT2D eigenvalue weighted by Gasteiger charge is -2.14. The van der Waals surface area contributed by atoms with Gasteiger partial charge in [0.2, 0.25) is 0 Å². The van der Waals surface area contributed by atoms with Crippen LogP contribution in [-0.2, 0) is 25.5 Å².